The van der Waals surface area contributed by atoms with Gasteiger partial charge in [0.25, 0.3) is 0 Å². The molecule has 2 heterocycles. The van der Waals surface area contributed by atoms with Crippen LogP contribution in [0.4, 0.5) is 5.82 Å². The fourth-order valence-corrected chi connectivity index (χ4v) is 4.18. The Kier molecular flexibility index (Phi) is 9.31. The quantitative estimate of drug-likeness (QED) is 0.465. The van der Waals surface area contributed by atoms with Crippen molar-refractivity contribution in [2.45, 2.75) is 26.4 Å². The van der Waals surface area contributed by atoms with E-state index in [1.807, 2.05) is 13.2 Å². The normalized spacial score (nSPS) is 16.3. The third-order valence-corrected chi connectivity index (χ3v) is 6.22. The highest BCUT2D eigenvalue weighted by atomic mass is 15.3. The van der Waals surface area contributed by atoms with Crippen LogP contribution in [0.5, 0.6) is 0 Å². The van der Waals surface area contributed by atoms with Crippen LogP contribution >= 0.6 is 0 Å². The molecular weight excluding hydrogens is 398 g/mol. The Balaban J connectivity index is 1.58. The van der Waals surface area contributed by atoms with Crippen LogP contribution in [0.15, 0.2) is 53.7 Å². The number of nitrogens with one attached hydrogen (secondary N) is 2. The van der Waals surface area contributed by atoms with E-state index in [1.165, 1.54) is 11.1 Å². The lowest BCUT2D eigenvalue weighted by Gasteiger charge is -2.33. The van der Waals surface area contributed by atoms with E-state index in [0.29, 0.717) is 12.6 Å². The van der Waals surface area contributed by atoms with Gasteiger partial charge in [-0.1, -0.05) is 44.2 Å². The first-order chi connectivity index (χ1) is 15.6. The Bertz CT molecular complexity index is 827. The van der Waals surface area contributed by atoms with E-state index in [1.54, 1.807) is 0 Å². The van der Waals surface area contributed by atoms with Crippen LogP contribution in [0.25, 0.3) is 0 Å². The van der Waals surface area contributed by atoms with Gasteiger partial charge in [0, 0.05) is 52.5 Å². The lowest BCUT2D eigenvalue weighted by Crippen LogP contribution is -2.45. The minimum absolute atomic E-state index is 0.300. The molecule has 1 aromatic heterocycles. The molecule has 0 amide bonds. The Hall–Kier alpha value is -2.64. The van der Waals surface area contributed by atoms with E-state index < -0.39 is 0 Å². The lowest BCUT2D eigenvalue weighted by atomic mass is 10.1. The minimum atomic E-state index is 0.300. The summed E-state index contributed by atoms with van der Waals surface area (Å²) in [6, 6.07) is 15.3. The van der Waals surface area contributed by atoms with Gasteiger partial charge in [-0.3, -0.25) is 9.89 Å². The first-order valence-corrected chi connectivity index (χ1v) is 11.8. The molecule has 0 radical (unpaired) electrons. The Morgan fingerprint density at radius 3 is 2.44 bits per heavy atom. The second-order valence-corrected chi connectivity index (χ2v) is 8.27. The number of nitrogens with zero attached hydrogens (tertiary/aromatic N) is 5. The molecule has 1 aliphatic rings. The molecule has 7 heteroatoms. The largest absolute Gasteiger partial charge is 0.354 e. The van der Waals surface area contributed by atoms with Crippen LogP contribution in [0.3, 0.4) is 0 Å². The summed E-state index contributed by atoms with van der Waals surface area (Å²) in [6.07, 6.45) is 1.91. The van der Waals surface area contributed by atoms with Crippen LogP contribution in [0.1, 0.15) is 31.0 Å². The maximum atomic E-state index is 4.59. The Morgan fingerprint density at radius 1 is 1.06 bits per heavy atom. The third-order valence-electron chi connectivity index (χ3n) is 6.22. The number of hydrogen-bond acceptors (Lipinski definition) is 5. The number of aromatic nitrogens is 1. The molecule has 1 saturated heterocycles. The van der Waals surface area contributed by atoms with Gasteiger partial charge in [0.1, 0.15) is 5.82 Å². The highest BCUT2D eigenvalue weighted by molar-refractivity contribution is 5.79. The molecule has 3 rings (SSSR count). The number of guanidine groups is 1. The number of pyridine rings is 1. The summed E-state index contributed by atoms with van der Waals surface area (Å²) in [5, 5.41) is 7.01. The molecule has 1 unspecified atom stereocenters. The van der Waals surface area contributed by atoms with Crippen molar-refractivity contribution in [3.05, 3.63) is 59.8 Å². The zero-order valence-corrected chi connectivity index (χ0v) is 20.1. The first kappa shape index (κ1) is 24.0. The molecule has 1 aliphatic heterocycles. The lowest BCUT2D eigenvalue weighted by molar-refractivity contribution is 0.219. The summed E-state index contributed by atoms with van der Waals surface area (Å²) in [6.45, 7) is 12.2. The van der Waals surface area contributed by atoms with Crippen LogP contribution in [0.2, 0.25) is 0 Å². The van der Waals surface area contributed by atoms with Crippen molar-refractivity contribution < 1.29 is 0 Å². The summed E-state index contributed by atoms with van der Waals surface area (Å²) >= 11 is 0. The van der Waals surface area contributed by atoms with Crippen molar-refractivity contribution >= 4 is 11.8 Å². The number of rotatable bonds is 9. The van der Waals surface area contributed by atoms with E-state index in [9.17, 15) is 0 Å². The SMILES string of the molecule is CCN(CC)C(CNC(=NC)NCc1ccnc(N2CCN(C)CC2)c1)c1ccccc1. The Labute approximate surface area is 193 Å². The fourth-order valence-electron chi connectivity index (χ4n) is 4.18. The second kappa shape index (κ2) is 12.4. The number of piperazine rings is 1. The van der Waals surface area contributed by atoms with Crippen LogP contribution in [0, 0.1) is 0 Å². The van der Waals surface area contributed by atoms with Crippen LogP contribution in [-0.4, -0.2) is 80.7 Å². The topological polar surface area (TPSA) is 59.0 Å². The predicted molar refractivity (Wildman–Crippen MR) is 134 cm³/mol. The van der Waals surface area contributed by atoms with Gasteiger partial charge in [-0.15, -0.1) is 0 Å². The Morgan fingerprint density at radius 2 is 1.78 bits per heavy atom. The maximum Gasteiger partial charge on any atom is 0.191 e. The van der Waals surface area contributed by atoms with Crippen LogP contribution in [-0.2, 0) is 6.54 Å². The van der Waals surface area contributed by atoms with Gasteiger partial charge >= 0.3 is 0 Å². The van der Waals surface area contributed by atoms with Crippen LogP contribution < -0.4 is 15.5 Å². The molecule has 0 spiro atoms. The van der Waals surface area contributed by atoms with Crippen molar-refractivity contribution in [1.29, 1.82) is 0 Å². The van der Waals surface area contributed by atoms with E-state index in [4.69, 9.17) is 0 Å². The average Bonchev–Trinajstić information content (AvgIpc) is 2.84. The zero-order valence-electron chi connectivity index (χ0n) is 20.1. The first-order valence-electron chi connectivity index (χ1n) is 11.8. The van der Waals surface area contributed by atoms with Gasteiger partial charge in [0.15, 0.2) is 5.96 Å². The standard InChI is InChI=1S/C25H39N7/c1-5-31(6-2)23(22-10-8-7-9-11-22)20-29-25(26-3)28-19-21-12-13-27-24(18-21)32-16-14-30(4)15-17-32/h7-13,18,23H,5-6,14-17,19-20H2,1-4H3,(H2,26,28,29). The van der Waals surface area contributed by atoms with Gasteiger partial charge in [0.05, 0.1) is 6.04 Å². The molecule has 1 aromatic carbocycles. The molecule has 1 atom stereocenters. The second-order valence-electron chi connectivity index (χ2n) is 8.27. The monoisotopic (exact) mass is 437 g/mol. The highest BCUT2D eigenvalue weighted by Gasteiger charge is 2.18. The summed E-state index contributed by atoms with van der Waals surface area (Å²) in [7, 11) is 4.00. The molecule has 0 aliphatic carbocycles. The minimum Gasteiger partial charge on any atom is -0.354 e. The zero-order chi connectivity index (χ0) is 22.8. The van der Waals surface area contributed by atoms with Crippen molar-refractivity contribution in [3.8, 4) is 0 Å². The number of anilines is 1. The van der Waals surface area contributed by atoms with E-state index in [2.05, 4.69) is 98.7 Å². The average molecular weight is 438 g/mol. The number of hydrogen-bond donors (Lipinski definition) is 2. The van der Waals surface area contributed by atoms with Gasteiger partial charge in [0.2, 0.25) is 0 Å². The molecule has 2 aromatic rings. The molecule has 0 saturated carbocycles. The smallest absolute Gasteiger partial charge is 0.191 e. The van der Waals surface area contributed by atoms with Gasteiger partial charge in [-0.05, 0) is 43.4 Å². The molecule has 1 fully saturated rings. The van der Waals surface area contributed by atoms with E-state index in [-0.39, 0.29) is 0 Å². The summed E-state index contributed by atoms with van der Waals surface area (Å²) < 4.78 is 0. The fraction of sp³-hybridized carbons (Fsp3) is 0.520. The van der Waals surface area contributed by atoms with Gasteiger partial charge < -0.3 is 20.4 Å². The van der Waals surface area contributed by atoms with Gasteiger partial charge in [-0.25, -0.2) is 4.98 Å². The number of aliphatic imine (C=N–C) groups is 1. The summed E-state index contributed by atoms with van der Waals surface area (Å²) in [4.78, 5) is 16.2. The van der Waals surface area contributed by atoms with Crippen molar-refractivity contribution in [2.75, 3.05) is 64.8 Å². The van der Waals surface area contributed by atoms with E-state index in [0.717, 1.165) is 57.6 Å². The molecular formula is C25H39N7. The maximum absolute atomic E-state index is 4.59. The van der Waals surface area contributed by atoms with Crippen molar-refractivity contribution in [3.63, 3.8) is 0 Å². The number of benzene rings is 1. The predicted octanol–water partition coefficient (Wildman–Crippen LogP) is 2.58. The molecule has 32 heavy (non-hydrogen) atoms. The highest BCUT2D eigenvalue weighted by Crippen LogP contribution is 2.19. The molecule has 7 nitrogen and oxygen atoms in total. The van der Waals surface area contributed by atoms with E-state index >= 15 is 0 Å². The van der Waals surface area contributed by atoms with Crippen molar-refractivity contribution in [1.82, 2.24) is 25.4 Å². The van der Waals surface area contributed by atoms with Crippen molar-refractivity contribution in [2.24, 2.45) is 4.99 Å². The third kappa shape index (κ3) is 6.68. The van der Waals surface area contributed by atoms with Gasteiger partial charge in [-0.2, -0.15) is 0 Å². The molecule has 0 bridgehead atoms. The number of likely N-dealkylation sites (N-methyl/N-ethyl adjacent to an activating group) is 2. The molecule has 2 N–H and O–H groups in total. The summed E-state index contributed by atoms with van der Waals surface area (Å²) in [5.74, 6) is 1.88. The summed E-state index contributed by atoms with van der Waals surface area (Å²) in [5.41, 5.74) is 2.53. The molecule has 174 valence electrons.